The van der Waals surface area contributed by atoms with Gasteiger partial charge in [-0.05, 0) is 18.5 Å². The Morgan fingerprint density at radius 3 is 2.73 bits per heavy atom. The van der Waals surface area contributed by atoms with E-state index in [2.05, 4.69) is 35.3 Å². The first-order chi connectivity index (χ1) is 7.22. The molecule has 0 aliphatic heterocycles. The molecule has 0 aromatic carbocycles. The minimum atomic E-state index is 0.492. The molecule has 0 saturated heterocycles. The summed E-state index contributed by atoms with van der Waals surface area (Å²) in [5, 5.41) is 3.12. The van der Waals surface area contributed by atoms with Crippen molar-refractivity contribution >= 4 is 5.78 Å². The molecule has 0 spiro atoms. The maximum atomic E-state index is 4.33. The van der Waals surface area contributed by atoms with Gasteiger partial charge < -0.3 is 5.32 Å². The number of imidazole rings is 1. The third kappa shape index (κ3) is 1.85. The lowest BCUT2D eigenvalue weighted by molar-refractivity contribution is 0.771. The zero-order chi connectivity index (χ0) is 10.8. The Kier molecular flexibility index (Phi) is 2.68. The molecule has 2 aromatic rings. The quantitative estimate of drug-likeness (QED) is 0.825. The molecule has 0 radical (unpaired) electrons. The second-order valence-electron chi connectivity index (χ2n) is 3.99. The van der Waals surface area contributed by atoms with E-state index in [1.807, 2.05) is 23.8 Å². The Labute approximate surface area is 89.4 Å². The van der Waals surface area contributed by atoms with Crippen molar-refractivity contribution in [1.82, 2.24) is 19.7 Å². The summed E-state index contributed by atoms with van der Waals surface area (Å²) in [6.45, 7) is 5.14. The zero-order valence-electron chi connectivity index (χ0n) is 9.36. The van der Waals surface area contributed by atoms with Crippen molar-refractivity contribution in [1.29, 1.82) is 0 Å². The number of hydrogen-bond acceptors (Lipinski definition) is 3. The smallest absolute Gasteiger partial charge is 0.233 e. The largest absolute Gasteiger partial charge is 0.314 e. The number of aromatic nitrogens is 3. The van der Waals surface area contributed by atoms with Gasteiger partial charge >= 0.3 is 0 Å². The first-order valence-electron chi connectivity index (χ1n) is 5.19. The van der Waals surface area contributed by atoms with Crippen LogP contribution in [0.4, 0.5) is 0 Å². The van der Waals surface area contributed by atoms with Crippen LogP contribution in [0.15, 0.2) is 18.6 Å². The molecule has 0 saturated carbocycles. The van der Waals surface area contributed by atoms with Crippen LogP contribution < -0.4 is 5.32 Å². The first kappa shape index (κ1) is 10.1. The van der Waals surface area contributed by atoms with Crippen LogP contribution in [0.5, 0.6) is 0 Å². The molecular weight excluding hydrogens is 188 g/mol. The third-order valence-electron chi connectivity index (χ3n) is 2.49. The Balaban J connectivity index is 2.51. The number of nitrogens with zero attached hydrogens (tertiary/aromatic N) is 3. The second-order valence-corrected chi connectivity index (χ2v) is 3.99. The standard InChI is InChI=1S/C11H16N4/c1-8(2)9-4-13-11-14-6-10(5-12-3)15(11)7-9/h4,6-8,12H,5H2,1-3H3. The van der Waals surface area contributed by atoms with Crippen LogP contribution in [0.3, 0.4) is 0 Å². The maximum Gasteiger partial charge on any atom is 0.233 e. The van der Waals surface area contributed by atoms with Gasteiger partial charge in [-0.3, -0.25) is 4.40 Å². The molecule has 2 heterocycles. The summed E-state index contributed by atoms with van der Waals surface area (Å²) < 4.78 is 2.05. The van der Waals surface area contributed by atoms with E-state index in [1.165, 1.54) is 5.56 Å². The summed E-state index contributed by atoms with van der Waals surface area (Å²) in [5.74, 6) is 1.26. The Morgan fingerprint density at radius 2 is 2.07 bits per heavy atom. The van der Waals surface area contributed by atoms with Crippen LogP contribution in [-0.4, -0.2) is 21.4 Å². The van der Waals surface area contributed by atoms with Crippen molar-refractivity contribution in [2.75, 3.05) is 7.05 Å². The number of fused-ring (bicyclic) bond motifs is 1. The van der Waals surface area contributed by atoms with Gasteiger partial charge in [0.25, 0.3) is 0 Å². The van der Waals surface area contributed by atoms with Gasteiger partial charge in [0.1, 0.15) is 0 Å². The van der Waals surface area contributed by atoms with E-state index in [0.717, 1.165) is 18.0 Å². The van der Waals surface area contributed by atoms with Gasteiger partial charge in [0, 0.05) is 18.9 Å². The Hall–Kier alpha value is -1.42. The Morgan fingerprint density at radius 1 is 1.33 bits per heavy atom. The van der Waals surface area contributed by atoms with Crippen LogP contribution in [0.2, 0.25) is 0 Å². The lowest BCUT2D eigenvalue weighted by atomic mass is 10.1. The molecule has 1 N–H and O–H groups in total. The van der Waals surface area contributed by atoms with Crippen LogP contribution in [0.1, 0.15) is 31.0 Å². The van der Waals surface area contributed by atoms with Gasteiger partial charge in [0.05, 0.1) is 11.9 Å². The van der Waals surface area contributed by atoms with Crippen molar-refractivity contribution in [3.05, 3.63) is 29.8 Å². The highest BCUT2D eigenvalue weighted by atomic mass is 15.1. The van der Waals surface area contributed by atoms with Gasteiger partial charge in [0.15, 0.2) is 0 Å². The molecule has 4 nitrogen and oxygen atoms in total. The van der Waals surface area contributed by atoms with E-state index in [9.17, 15) is 0 Å². The number of rotatable bonds is 3. The molecule has 0 fully saturated rings. The fraction of sp³-hybridized carbons (Fsp3) is 0.455. The van der Waals surface area contributed by atoms with E-state index in [-0.39, 0.29) is 0 Å². The molecule has 15 heavy (non-hydrogen) atoms. The second kappa shape index (κ2) is 3.98. The van der Waals surface area contributed by atoms with Gasteiger partial charge in [-0.1, -0.05) is 13.8 Å². The van der Waals surface area contributed by atoms with Gasteiger partial charge in [-0.15, -0.1) is 0 Å². The van der Waals surface area contributed by atoms with Crippen molar-refractivity contribution in [3.8, 4) is 0 Å². The van der Waals surface area contributed by atoms with Crippen molar-refractivity contribution in [2.24, 2.45) is 0 Å². The van der Waals surface area contributed by atoms with Crippen LogP contribution in [0.25, 0.3) is 5.78 Å². The molecule has 80 valence electrons. The van der Waals surface area contributed by atoms with Crippen LogP contribution in [-0.2, 0) is 6.54 Å². The highest BCUT2D eigenvalue weighted by Gasteiger charge is 2.06. The summed E-state index contributed by atoms with van der Waals surface area (Å²) in [6.07, 6.45) is 5.88. The fourth-order valence-corrected chi connectivity index (χ4v) is 1.55. The molecule has 4 heteroatoms. The summed E-state index contributed by atoms with van der Waals surface area (Å²) in [7, 11) is 1.93. The van der Waals surface area contributed by atoms with Crippen molar-refractivity contribution < 1.29 is 0 Å². The Bertz CT molecular complexity index is 459. The monoisotopic (exact) mass is 204 g/mol. The molecule has 0 bridgehead atoms. The van der Waals surface area contributed by atoms with Gasteiger partial charge in [-0.25, -0.2) is 9.97 Å². The van der Waals surface area contributed by atoms with Crippen molar-refractivity contribution in [2.45, 2.75) is 26.3 Å². The highest BCUT2D eigenvalue weighted by molar-refractivity contribution is 5.33. The van der Waals surface area contributed by atoms with Crippen LogP contribution in [0, 0.1) is 0 Å². The zero-order valence-corrected chi connectivity index (χ0v) is 9.36. The molecular formula is C11H16N4. The third-order valence-corrected chi connectivity index (χ3v) is 2.49. The first-order valence-corrected chi connectivity index (χ1v) is 5.19. The SMILES string of the molecule is CNCc1cnc2ncc(C(C)C)cn12. The summed E-state index contributed by atoms with van der Waals surface area (Å²) in [4.78, 5) is 8.58. The number of hydrogen-bond donors (Lipinski definition) is 1. The topological polar surface area (TPSA) is 42.2 Å². The minimum absolute atomic E-state index is 0.492. The van der Waals surface area contributed by atoms with E-state index in [4.69, 9.17) is 0 Å². The molecule has 0 aliphatic carbocycles. The maximum absolute atomic E-state index is 4.33. The van der Waals surface area contributed by atoms with E-state index in [0.29, 0.717) is 5.92 Å². The fourth-order valence-electron chi connectivity index (χ4n) is 1.55. The normalized spacial score (nSPS) is 11.5. The molecule has 2 rings (SSSR count). The summed E-state index contributed by atoms with van der Waals surface area (Å²) in [6, 6.07) is 0. The summed E-state index contributed by atoms with van der Waals surface area (Å²) in [5.41, 5.74) is 2.38. The lowest BCUT2D eigenvalue weighted by Gasteiger charge is -2.06. The van der Waals surface area contributed by atoms with E-state index >= 15 is 0 Å². The average molecular weight is 204 g/mol. The van der Waals surface area contributed by atoms with Gasteiger partial charge in [-0.2, -0.15) is 0 Å². The molecule has 0 aliphatic rings. The predicted octanol–water partition coefficient (Wildman–Crippen LogP) is 1.57. The average Bonchev–Trinajstić information content (AvgIpc) is 2.61. The summed E-state index contributed by atoms with van der Waals surface area (Å²) >= 11 is 0. The minimum Gasteiger partial charge on any atom is -0.314 e. The lowest BCUT2D eigenvalue weighted by Crippen LogP contribution is -2.08. The highest BCUT2D eigenvalue weighted by Crippen LogP contribution is 2.14. The molecule has 0 amide bonds. The number of nitrogens with one attached hydrogen (secondary N) is 1. The predicted molar refractivity (Wildman–Crippen MR) is 59.8 cm³/mol. The molecule has 0 atom stereocenters. The van der Waals surface area contributed by atoms with E-state index in [1.54, 1.807) is 0 Å². The van der Waals surface area contributed by atoms with E-state index < -0.39 is 0 Å². The molecule has 0 unspecified atom stereocenters. The molecule has 2 aromatic heterocycles. The van der Waals surface area contributed by atoms with Crippen molar-refractivity contribution in [3.63, 3.8) is 0 Å². The van der Waals surface area contributed by atoms with Gasteiger partial charge in [0.2, 0.25) is 5.78 Å². The van der Waals surface area contributed by atoms with Crippen LogP contribution >= 0.6 is 0 Å².